The van der Waals surface area contributed by atoms with E-state index < -0.39 is 27.9 Å². The van der Waals surface area contributed by atoms with Gasteiger partial charge in [0.05, 0.1) is 23.7 Å². The third-order valence-electron chi connectivity index (χ3n) is 5.13. The van der Waals surface area contributed by atoms with Crippen LogP contribution in [0.15, 0.2) is 29.2 Å². The van der Waals surface area contributed by atoms with E-state index in [0.717, 1.165) is 24.2 Å². The molecule has 0 saturated carbocycles. The van der Waals surface area contributed by atoms with Crippen molar-refractivity contribution in [2.75, 3.05) is 31.6 Å². The summed E-state index contributed by atoms with van der Waals surface area (Å²) in [5.74, 6) is -1.81. The van der Waals surface area contributed by atoms with Crippen LogP contribution in [0.1, 0.15) is 62.6 Å². The summed E-state index contributed by atoms with van der Waals surface area (Å²) in [6.45, 7) is 6.18. The Labute approximate surface area is 196 Å². The maximum atomic E-state index is 12.8. The van der Waals surface area contributed by atoms with Crippen LogP contribution < -0.4 is 5.32 Å². The summed E-state index contributed by atoms with van der Waals surface area (Å²) in [7, 11) is -3.59. The number of ether oxygens (including phenoxy) is 2. The smallest absolute Gasteiger partial charge is 0.348 e. The first-order valence-corrected chi connectivity index (χ1v) is 12.9. The van der Waals surface area contributed by atoms with Crippen LogP contribution in [0.3, 0.4) is 0 Å². The van der Waals surface area contributed by atoms with Gasteiger partial charge in [-0.05, 0) is 63.4 Å². The molecule has 178 valence electrons. The van der Waals surface area contributed by atoms with Crippen LogP contribution in [0, 0.1) is 6.92 Å². The quantitative estimate of drug-likeness (QED) is 0.558. The van der Waals surface area contributed by atoms with Crippen molar-refractivity contribution < 1.29 is 32.3 Å². The minimum absolute atomic E-state index is 0.0893. The summed E-state index contributed by atoms with van der Waals surface area (Å²) in [5.41, 5.74) is 0.652. The van der Waals surface area contributed by atoms with Gasteiger partial charge in [0.1, 0.15) is 9.88 Å². The van der Waals surface area contributed by atoms with Crippen LogP contribution in [0.2, 0.25) is 0 Å². The summed E-state index contributed by atoms with van der Waals surface area (Å²) in [6, 6.07) is 5.60. The van der Waals surface area contributed by atoms with Gasteiger partial charge in [-0.1, -0.05) is 0 Å². The molecule has 1 aliphatic rings. The van der Waals surface area contributed by atoms with Crippen molar-refractivity contribution in [1.82, 2.24) is 4.31 Å². The number of benzene rings is 1. The number of thiophene rings is 1. The zero-order valence-corrected chi connectivity index (χ0v) is 20.3. The molecule has 2 heterocycles. The number of rotatable bonds is 8. The molecule has 1 amide bonds. The molecule has 0 atom stereocenters. The van der Waals surface area contributed by atoms with Gasteiger partial charge in [0.15, 0.2) is 0 Å². The Morgan fingerprint density at radius 2 is 1.58 bits per heavy atom. The van der Waals surface area contributed by atoms with Crippen molar-refractivity contribution in [3.8, 4) is 0 Å². The lowest BCUT2D eigenvalue weighted by Gasteiger charge is -2.15. The van der Waals surface area contributed by atoms with Crippen molar-refractivity contribution in [3.63, 3.8) is 0 Å². The van der Waals surface area contributed by atoms with Crippen LogP contribution in [0.5, 0.6) is 0 Å². The fraction of sp³-hybridized carbons (Fsp3) is 0.409. The molecule has 3 rings (SSSR count). The number of sulfonamides is 1. The molecule has 1 aromatic carbocycles. The number of nitrogens with one attached hydrogen (secondary N) is 1. The second kappa shape index (κ2) is 10.4. The van der Waals surface area contributed by atoms with E-state index in [1.54, 1.807) is 20.8 Å². The highest BCUT2D eigenvalue weighted by Gasteiger charge is 2.29. The van der Waals surface area contributed by atoms with Crippen molar-refractivity contribution in [1.29, 1.82) is 0 Å². The second-order valence-corrected chi connectivity index (χ2v) is 10.2. The molecule has 0 bridgehead atoms. The Kier molecular flexibility index (Phi) is 7.88. The van der Waals surface area contributed by atoms with Crippen LogP contribution in [-0.4, -0.2) is 56.9 Å². The average molecular weight is 495 g/mol. The van der Waals surface area contributed by atoms with E-state index >= 15 is 0 Å². The van der Waals surface area contributed by atoms with Crippen LogP contribution in [0.4, 0.5) is 5.00 Å². The summed E-state index contributed by atoms with van der Waals surface area (Å²) in [5, 5.41) is 2.81. The number of anilines is 1. The SMILES string of the molecule is CCOC(=O)c1sc(NC(=O)c2ccc(S(=O)(=O)N3CCCC3)cc2)c(C(=O)OCC)c1C. The van der Waals surface area contributed by atoms with E-state index in [1.165, 1.54) is 28.6 Å². The molecule has 33 heavy (non-hydrogen) atoms. The standard InChI is InChI=1S/C22H26N2O7S2/c1-4-30-21(26)17-14(3)18(22(27)31-5-2)32-20(17)23-19(25)15-8-10-16(11-9-15)33(28,29)24-12-6-7-13-24/h8-11H,4-7,12-13H2,1-3H3,(H,23,25). The summed E-state index contributed by atoms with van der Waals surface area (Å²) in [4.78, 5) is 37.9. The highest BCUT2D eigenvalue weighted by atomic mass is 32.2. The van der Waals surface area contributed by atoms with E-state index in [0.29, 0.717) is 18.7 Å². The molecule has 0 unspecified atom stereocenters. The number of carbonyl (C=O) groups is 3. The molecule has 2 aromatic rings. The zero-order chi connectivity index (χ0) is 24.2. The zero-order valence-electron chi connectivity index (χ0n) is 18.7. The fourth-order valence-electron chi connectivity index (χ4n) is 3.47. The predicted molar refractivity (Wildman–Crippen MR) is 123 cm³/mol. The van der Waals surface area contributed by atoms with Gasteiger partial charge in [0.2, 0.25) is 10.0 Å². The lowest BCUT2D eigenvalue weighted by atomic mass is 10.1. The van der Waals surface area contributed by atoms with Gasteiger partial charge in [-0.3, -0.25) is 4.79 Å². The molecule has 9 nitrogen and oxygen atoms in total. The van der Waals surface area contributed by atoms with Gasteiger partial charge in [0.25, 0.3) is 5.91 Å². The molecular weight excluding hydrogens is 468 g/mol. The van der Waals surface area contributed by atoms with Crippen LogP contribution in [0.25, 0.3) is 0 Å². The lowest BCUT2D eigenvalue weighted by Crippen LogP contribution is -2.27. The number of amides is 1. The Balaban J connectivity index is 1.86. The van der Waals surface area contributed by atoms with Crippen LogP contribution in [-0.2, 0) is 19.5 Å². The number of nitrogens with zero attached hydrogens (tertiary/aromatic N) is 1. The van der Waals surface area contributed by atoms with Crippen molar-refractivity contribution >= 4 is 44.2 Å². The second-order valence-electron chi connectivity index (χ2n) is 7.29. The number of hydrogen-bond donors (Lipinski definition) is 1. The van der Waals surface area contributed by atoms with E-state index in [1.807, 2.05) is 0 Å². The topological polar surface area (TPSA) is 119 Å². The minimum Gasteiger partial charge on any atom is -0.462 e. The third-order valence-corrected chi connectivity index (χ3v) is 8.23. The number of hydrogen-bond acceptors (Lipinski definition) is 8. The highest BCUT2D eigenvalue weighted by Crippen LogP contribution is 2.34. The van der Waals surface area contributed by atoms with E-state index in [9.17, 15) is 22.8 Å². The van der Waals surface area contributed by atoms with E-state index in [4.69, 9.17) is 9.47 Å². The van der Waals surface area contributed by atoms with Crippen LogP contribution >= 0.6 is 11.3 Å². The Bertz CT molecular complexity index is 1150. The van der Waals surface area contributed by atoms with Crippen molar-refractivity contribution in [2.45, 2.75) is 38.5 Å². The maximum Gasteiger partial charge on any atom is 0.348 e. The van der Waals surface area contributed by atoms with Gasteiger partial charge >= 0.3 is 11.9 Å². The first kappa shape index (κ1) is 24.9. The Morgan fingerprint density at radius 1 is 1.00 bits per heavy atom. The van der Waals surface area contributed by atoms with Crippen molar-refractivity contribution in [3.05, 3.63) is 45.8 Å². The summed E-state index contributed by atoms with van der Waals surface area (Å²) < 4.78 is 36.9. The minimum atomic E-state index is -3.59. The predicted octanol–water partition coefficient (Wildman–Crippen LogP) is 3.45. The third kappa shape index (κ3) is 5.26. The molecule has 0 aliphatic carbocycles. The summed E-state index contributed by atoms with van der Waals surface area (Å²) in [6.07, 6.45) is 1.66. The van der Waals surface area contributed by atoms with Gasteiger partial charge in [-0.15, -0.1) is 11.3 Å². The Morgan fingerprint density at radius 3 is 2.15 bits per heavy atom. The highest BCUT2D eigenvalue weighted by molar-refractivity contribution is 7.89. The van der Waals surface area contributed by atoms with Gasteiger partial charge in [-0.2, -0.15) is 4.31 Å². The molecule has 1 fully saturated rings. The van der Waals surface area contributed by atoms with E-state index in [2.05, 4.69) is 5.32 Å². The lowest BCUT2D eigenvalue weighted by molar-refractivity contribution is 0.0527. The number of esters is 2. The van der Waals surface area contributed by atoms with E-state index in [-0.39, 0.29) is 39.1 Å². The molecule has 0 spiro atoms. The maximum absolute atomic E-state index is 12.8. The molecule has 11 heteroatoms. The Hall–Kier alpha value is -2.76. The van der Waals surface area contributed by atoms with Crippen molar-refractivity contribution in [2.24, 2.45) is 0 Å². The molecular formula is C22H26N2O7S2. The largest absolute Gasteiger partial charge is 0.462 e. The van der Waals surface area contributed by atoms with Gasteiger partial charge in [-0.25, -0.2) is 18.0 Å². The molecule has 1 aliphatic heterocycles. The first-order valence-electron chi connectivity index (χ1n) is 10.6. The van der Waals surface area contributed by atoms with Gasteiger partial charge < -0.3 is 14.8 Å². The number of carbonyl (C=O) groups excluding carboxylic acids is 3. The summed E-state index contributed by atoms with van der Waals surface area (Å²) >= 11 is 0.926. The molecule has 1 saturated heterocycles. The fourth-order valence-corrected chi connectivity index (χ4v) is 6.07. The van der Waals surface area contributed by atoms with Gasteiger partial charge in [0, 0.05) is 18.7 Å². The monoisotopic (exact) mass is 494 g/mol. The molecule has 0 radical (unpaired) electrons. The average Bonchev–Trinajstić information content (AvgIpc) is 3.43. The molecule has 1 N–H and O–H groups in total. The first-order chi connectivity index (χ1) is 15.7. The normalized spacial score (nSPS) is 14.2. The molecule has 1 aromatic heterocycles.